The van der Waals surface area contributed by atoms with E-state index >= 15 is 0 Å². The average Bonchev–Trinajstić information content (AvgIpc) is 2.99. The molecule has 0 radical (unpaired) electrons. The van der Waals surface area contributed by atoms with Crippen molar-refractivity contribution in [2.24, 2.45) is 0 Å². The van der Waals surface area contributed by atoms with Crippen LogP contribution in [0, 0.1) is 6.92 Å². The van der Waals surface area contributed by atoms with Crippen LogP contribution in [-0.4, -0.2) is 54.6 Å². The highest BCUT2D eigenvalue weighted by atomic mass is 31.2. The van der Waals surface area contributed by atoms with Crippen LogP contribution in [0.1, 0.15) is 18.4 Å². The number of nitrogens with zero attached hydrogens (tertiary/aromatic N) is 3. The molecule has 0 fully saturated rings. The highest BCUT2D eigenvalue weighted by Crippen LogP contribution is 2.48. The molecule has 0 N–H and O–H groups in total. The summed E-state index contributed by atoms with van der Waals surface area (Å²) in [5.41, 5.74) is 4.38. The highest BCUT2D eigenvalue weighted by molar-refractivity contribution is 7.79. The fourth-order valence-electron chi connectivity index (χ4n) is 5.24. The molecule has 1 unspecified atom stereocenters. The molecule has 5 nitrogen and oxygen atoms in total. The number of hydrogen-bond donors (Lipinski definition) is 0. The molecule has 0 aliphatic heterocycles. The number of benzene rings is 4. The SMILES string of the molecule is Cc1ccc(P(=O)(CCCCP(=O)(c2ccc(N(C)C)cc2)c2ccc(N(C)C)cc2)c2ccc(N(C)C)cc2)cc1. The predicted octanol–water partition coefficient (Wildman–Crippen LogP) is 6.30. The molecule has 1 atom stereocenters. The molecule has 0 saturated heterocycles. The zero-order valence-corrected chi connectivity index (χ0v) is 27.9. The lowest BCUT2D eigenvalue weighted by Crippen LogP contribution is -2.21. The van der Waals surface area contributed by atoms with E-state index in [0.717, 1.165) is 50.3 Å². The smallest absolute Gasteiger partial charge is 0.143 e. The maximum atomic E-state index is 14.9. The molecule has 4 aromatic rings. The van der Waals surface area contributed by atoms with Gasteiger partial charge in [-0.2, -0.15) is 0 Å². The first-order valence-corrected chi connectivity index (χ1v) is 18.3. The van der Waals surface area contributed by atoms with Gasteiger partial charge in [-0.15, -0.1) is 0 Å². The van der Waals surface area contributed by atoms with E-state index in [1.807, 2.05) is 161 Å². The minimum absolute atomic E-state index is 0.531. The Labute approximate surface area is 252 Å². The molecule has 222 valence electrons. The molecule has 42 heavy (non-hydrogen) atoms. The molecular weight excluding hydrogens is 556 g/mol. The van der Waals surface area contributed by atoms with Crippen LogP contribution >= 0.6 is 14.3 Å². The van der Waals surface area contributed by atoms with Gasteiger partial charge in [-0.3, -0.25) is 0 Å². The van der Waals surface area contributed by atoms with Crippen molar-refractivity contribution in [3.8, 4) is 0 Å². The van der Waals surface area contributed by atoms with Crippen molar-refractivity contribution < 1.29 is 9.13 Å². The summed E-state index contributed by atoms with van der Waals surface area (Å²) in [4.78, 5) is 6.15. The number of anilines is 3. The second-order valence-corrected chi connectivity index (χ2v) is 17.6. The Kier molecular flexibility index (Phi) is 10.1. The van der Waals surface area contributed by atoms with Gasteiger partial charge >= 0.3 is 0 Å². The van der Waals surface area contributed by atoms with Crippen molar-refractivity contribution in [1.82, 2.24) is 0 Å². The van der Waals surface area contributed by atoms with Crippen molar-refractivity contribution in [3.63, 3.8) is 0 Å². The molecule has 0 spiro atoms. The van der Waals surface area contributed by atoms with E-state index in [1.54, 1.807) is 0 Å². The molecule has 0 bridgehead atoms. The summed E-state index contributed by atoms with van der Waals surface area (Å²) in [6.07, 6.45) is 2.50. The van der Waals surface area contributed by atoms with E-state index in [9.17, 15) is 9.13 Å². The second kappa shape index (κ2) is 13.4. The molecule has 0 aliphatic carbocycles. The van der Waals surface area contributed by atoms with E-state index in [0.29, 0.717) is 18.7 Å². The third-order valence-corrected chi connectivity index (χ3v) is 14.4. The van der Waals surface area contributed by atoms with Gasteiger partial charge in [0.2, 0.25) is 0 Å². The molecule has 0 saturated carbocycles. The molecular formula is C35H45N3O2P2. The van der Waals surface area contributed by atoms with Crippen molar-refractivity contribution >= 4 is 52.6 Å². The van der Waals surface area contributed by atoms with Gasteiger partial charge in [-0.05, 0) is 92.6 Å². The molecule has 0 aliphatic rings. The normalized spacial score (nSPS) is 12.9. The third kappa shape index (κ3) is 7.02. The van der Waals surface area contributed by atoms with E-state index < -0.39 is 14.3 Å². The van der Waals surface area contributed by atoms with Crippen LogP contribution in [-0.2, 0) is 9.13 Å². The molecule has 4 aromatic carbocycles. The monoisotopic (exact) mass is 601 g/mol. The minimum Gasteiger partial charge on any atom is -0.378 e. The Morgan fingerprint density at radius 1 is 0.429 bits per heavy atom. The Bertz CT molecular complexity index is 1490. The van der Waals surface area contributed by atoms with Crippen LogP contribution < -0.4 is 35.9 Å². The Balaban J connectivity index is 1.61. The number of rotatable bonds is 12. The molecule has 0 heterocycles. The van der Waals surface area contributed by atoms with Crippen molar-refractivity contribution in [2.45, 2.75) is 19.8 Å². The van der Waals surface area contributed by atoms with Crippen LogP contribution in [0.15, 0.2) is 97.1 Å². The third-order valence-electron chi connectivity index (χ3n) is 8.00. The lowest BCUT2D eigenvalue weighted by atomic mass is 10.2. The Hall–Kier alpha value is -3.26. The van der Waals surface area contributed by atoms with Gasteiger partial charge in [0.05, 0.1) is 0 Å². The number of hydrogen-bond acceptors (Lipinski definition) is 5. The van der Waals surface area contributed by atoms with E-state index in [2.05, 4.69) is 0 Å². The Morgan fingerprint density at radius 2 is 0.667 bits per heavy atom. The molecule has 7 heteroatoms. The van der Waals surface area contributed by atoms with Gasteiger partial charge in [0.15, 0.2) is 0 Å². The first-order valence-electron chi connectivity index (χ1n) is 14.5. The fourth-order valence-corrected chi connectivity index (χ4v) is 10.7. The summed E-state index contributed by atoms with van der Waals surface area (Å²) < 4.78 is 29.7. The van der Waals surface area contributed by atoms with E-state index in [4.69, 9.17) is 0 Å². The zero-order valence-electron chi connectivity index (χ0n) is 26.1. The molecule has 0 amide bonds. The minimum atomic E-state index is -2.91. The summed E-state index contributed by atoms with van der Waals surface area (Å²) in [7, 11) is 6.27. The van der Waals surface area contributed by atoms with Gasteiger partial charge in [0.1, 0.15) is 14.3 Å². The van der Waals surface area contributed by atoms with E-state index in [-0.39, 0.29) is 0 Å². The van der Waals surface area contributed by atoms with Crippen LogP contribution in [0.3, 0.4) is 0 Å². The van der Waals surface area contributed by atoms with Crippen LogP contribution in [0.25, 0.3) is 0 Å². The van der Waals surface area contributed by atoms with Gasteiger partial charge in [0.25, 0.3) is 0 Å². The summed E-state index contributed by atoms with van der Waals surface area (Å²) >= 11 is 0. The van der Waals surface area contributed by atoms with Gasteiger partial charge in [0, 0.05) is 92.9 Å². The van der Waals surface area contributed by atoms with Crippen molar-refractivity contribution in [1.29, 1.82) is 0 Å². The number of unbranched alkanes of at least 4 members (excludes halogenated alkanes) is 1. The molecule has 0 aromatic heterocycles. The lowest BCUT2D eigenvalue weighted by molar-refractivity contribution is 0.580. The standard InChI is InChI=1S/C35H45N3O2P2/c1-28-10-18-32(19-11-28)41(39,33-20-12-29(13-21-33)36(2)3)26-8-9-27-42(40,34-22-14-30(15-23-34)37(4)5)35-24-16-31(17-25-35)38(6)7/h10-25H,8-9,26-27H2,1-7H3. The van der Waals surface area contributed by atoms with Crippen LogP contribution in [0.5, 0.6) is 0 Å². The largest absolute Gasteiger partial charge is 0.378 e. The first-order chi connectivity index (χ1) is 19.9. The highest BCUT2D eigenvalue weighted by Gasteiger charge is 2.30. The maximum Gasteiger partial charge on any atom is 0.143 e. The summed E-state index contributed by atoms with van der Waals surface area (Å²) in [5.74, 6) is 0. The van der Waals surface area contributed by atoms with Gasteiger partial charge < -0.3 is 23.8 Å². The maximum absolute atomic E-state index is 14.9. The fraction of sp³-hybridized carbons (Fsp3) is 0.314. The van der Waals surface area contributed by atoms with E-state index in [1.165, 1.54) is 0 Å². The summed E-state index contributed by atoms with van der Waals surface area (Å²) in [5, 5.41) is 3.49. The van der Waals surface area contributed by atoms with Gasteiger partial charge in [-0.1, -0.05) is 29.8 Å². The van der Waals surface area contributed by atoms with Crippen LogP contribution in [0.4, 0.5) is 17.1 Å². The quantitative estimate of drug-likeness (QED) is 0.141. The van der Waals surface area contributed by atoms with Gasteiger partial charge in [-0.25, -0.2) is 0 Å². The zero-order chi connectivity index (χ0) is 30.5. The second-order valence-electron chi connectivity index (χ2n) is 11.7. The lowest BCUT2D eigenvalue weighted by Gasteiger charge is -2.23. The first kappa shape index (κ1) is 31.7. The number of aryl methyl sites for hydroxylation is 1. The average molecular weight is 602 g/mol. The summed E-state index contributed by atoms with van der Waals surface area (Å²) in [6.45, 7) is 2.05. The topological polar surface area (TPSA) is 43.9 Å². The Morgan fingerprint density at radius 3 is 0.905 bits per heavy atom. The predicted molar refractivity (Wildman–Crippen MR) is 186 cm³/mol. The van der Waals surface area contributed by atoms with Crippen LogP contribution in [0.2, 0.25) is 0 Å². The van der Waals surface area contributed by atoms with Crippen molar-refractivity contribution in [2.75, 3.05) is 69.3 Å². The summed E-state index contributed by atoms with van der Waals surface area (Å²) in [6, 6.07) is 32.4. The molecule has 4 rings (SSSR count). The van der Waals surface area contributed by atoms with Crippen molar-refractivity contribution in [3.05, 3.63) is 103 Å².